The van der Waals surface area contributed by atoms with Crippen LogP contribution < -0.4 is 15.4 Å². The predicted octanol–water partition coefficient (Wildman–Crippen LogP) is 5.83. The van der Waals surface area contributed by atoms with Crippen molar-refractivity contribution >= 4 is 45.5 Å². The third kappa shape index (κ3) is 6.87. The monoisotopic (exact) mass is 642 g/mol. The Morgan fingerprint density at radius 1 is 1.02 bits per heavy atom. The van der Waals surface area contributed by atoms with E-state index in [4.69, 9.17) is 9.72 Å². The van der Waals surface area contributed by atoms with Crippen LogP contribution in [-0.4, -0.2) is 70.2 Å². The van der Waals surface area contributed by atoms with Gasteiger partial charge in [0.05, 0.1) is 26.7 Å². The number of hydrogen-bond acceptors (Lipinski definition) is 8. The maximum absolute atomic E-state index is 14.9. The molecule has 1 aromatic carbocycles. The maximum Gasteiger partial charge on any atom is 0.319 e. The molecule has 4 aromatic rings. The van der Waals surface area contributed by atoms with Gasteiger partial charge in [0.15, 0.2) is 11.6 Å². The number of halogens is 1. The summed E-state index contributed by atoms with van der Waals surface area (Å²) in [5.41, 5.74) is 2.94. The van der Waals surface area contributed by atoms with Crippen molar-refractivity contribution in [3.05, 3.63) is 66.2 Å². The number of hydrogen-bond donors (Lipinski definition) is 2. The summed E-state index contributed by atoms with van der Waals surface area (Å²) in [7, 11) is 0. The summed E-state index contributed by atoms with van der Waals surface area (Å²) in [6.07, 6.45) is 9.02. The highest BCUT2D eigenvalue weighted by atomic mass is 32.1. The number of piperidine rings is 1. The van der Waals surface area contributed by atoms with Crippen molar-refractivity contribution in [1.82, 2.24) is 25.1 Å². The van der Waals surface area contributed by atoms with Gasteiger partial charge in [-0.3, -0.25) is 19.7 Å². The van der Waals surface area contributed by atoms with Crippen LogP contribution in [0.1, 0.15) is 37.7 Å². The van der Waals surface area contributed by atoms with E-state index in [1.807, 2.05) is 23.2 Å². The number of thiophene rings is 1. The Kier molecular flexibility index (Phi) is 8.63. The number of likely N-dealkylation sites (tertiary alicyclic amines) is 2. The molecule has 1 aliphatic carbocycles. The van der Waals surface area contributed by atoms with Crippen molar-refractivity contribution < 1.29 is 23.5 Å². The van der Waals surface area contributed by atoms with E-state index in [-0.39, 0.29) is 35.6 Å². The van der Waals surface area contributed by atoms with Gasteiger partial charge in [-0.1, -0.05) is 6.07 Å². The molecule has 7 rings (SSSR count). The van der Waals surface area contributed by atoms with Crippen molar-refractivity contribution in [3.8, 4) is 22.1 Å². The van der Waals surface area contributed by atoms with Gasteiger partial charge in [0, 0.05) is 68.4 Å². The van der Waals surface area contributed by atoms with Crippen LogP contribution in [0, 0.1) is 17.7 Å². The van der Waals surface area contributed by atoms with Crippen LogP contribution in [0.2, 0.25) is 0 Å². The molecule has 2 atom stereocenters. The van der Waals surface area contributed by atoms with Crippen molar-refractivity contribution in [2.75, 3.05) is 31.5 Å². The lowest BCUT2D eigenvalue weighted by Gasteiger charge is -2.34. The third-order valence-electron chi connectivity index (χ3n) is 8.76. The van der Waals surface area contributed by atoms with Gasteiger partial charge >= 0.3 is 6.03 Å². The molecule has 3 amide bonds. The van der Waals surface area contributed by atoms with Crippen molar-refractivity contribution in [2.24, 2.45) is 11.8 Å². The number of fused-ring (bicyclic) bond motifs is 1. The topological polar surface area (TPSA) is 117 Å². The fraction of sp³-hybridized carbons (Fsp3) is 0.382. The molecule has 2 saturated heterocycles. The molecule has 12 heteroatoms. The number of nitrogens with zero attached hydrogens (tertiary/aromatic N) is 4. The van der Waals surface area contributed by atoms with Crippen LogP contribution in [0.5, 0.6) is 11.5 Å². The van der Waals surface area contributed by atoms with E-state index in [1.165, 1.54) is 23.5 Å². The minimum Gasteiger partial charge on any atom is -0.453 e. The Balaban J connectivity index is 0.992. The molecule has 2 aliphatic heterocycles. The van der Waals surface area contributed by atoms with E-state index in [9.17, 15) is 18.8 Å². The average molecular weight is 643 g/mol. The van der Waals surface area contributed by atoms with E-state index in [1.54, 1.807) is 18.3 Å². The number of pyridine rings is 2. The van der Waals surface area contributed by atoms with Crippen molar-refractivity contribution in [3.63, 3.8) is 0 Å². The highest BCUT2D eigenvalue weighted by Gasteiger charge is 2.33. The number of ether oxygens (including phenoxy) is 1. The molecule has 5 heterocycles. The van der Waals surface area contributed by atoms with Crippen LogP contribution >= 0.6 is 11.3 Å². The molecule has 2 N–H and O–H groups in total. The Labute approximate surface area is 270 Å². The minimum absolute atomic E-state index is 0.0277. The number of nitrogens with one attached hydrogen (secondary N) is 2. The summed E-state index contributed by atoms with van der Waals surface area (Å²) >= 11 is 1.47. The van der Waals surface area contributed by atoms with E-state index in [0.717, 1.165) is 71.3 Å². The lowest BCUT2D eigenvalue weighted by atomic mass is 9.96. The first-order valence-electron chi connectivity index (χ1n) is 15.8. The summed E-state index contributed by atoms with van der Waals surface area (Å²) < 4.78 is 21.7. The summed E-state index contributed by atoms with van der Waals surface area (Å²) in [5.74, 6) is 0.0546. The number of carbonyl (C=O) groups excluding carboxylic acids is 3. The average Bonchev–Trinajstić information content (AvgIpc) is 3.54. The van der Waals surface area contributed by atoms with E-state index in [2.05, 4.69) is 26.6 Å². The highest BCUT2D eigenvalue weighted by Crippen LogP contribution is 2.39. The first-order valence-corrected chi connectivity index (χ1v) is 16.6. The summed E-state index contributed by atoms with van der Waals surface area (Å²) in [5, 5.41) is 5.47. The standard InChI is InChI=1S/C34H35FN6O4S/c35-26-14-25(39-34(44)38-24-4-5-24)6-8-29(26)45-30-9-11-36-28-15-31(46-32(28)30)27-7-3-21(16-37-27)17-40-12-1-2-23(19-40)33(43)41-13-10-22(18-41)20-42/h3,6-9,11,14-16,20,22-24H,1-2,4-5,10,12-13,17-19H2,(H2,38,39,44). The second-order valence-corrected chi connectivity index (χ2v) is 13.4. The highest BCUT2D eigenvalue weighted by molar-refractivity contribution is 7.22. The number of benzene rings is 1. The lowest BCUT2D eigenvalue weighted by Crippen LogP contribution is -2.44. The molecule has 0 bridgehead atoms. The zero-order chi connectivity index (χ0) is 31.6. The second kappa shape index (κ2) is 13.1. The Hall–Kier alpha value is -4.42. The van der Waals surface area contributed by atoms with Crippen molar-refractivity contribution in [1.29, 1.82) is 0 Å². The number of amides is 3. The molecular weight excluding hydrogens is 607 g/mol. The Morgan fingerprint density at radius 2 is 1.91 bits per heavy atom. The number of aldehydes is 1. The molecular formula is C34H35FN6O4S. The molecule has 2 unspecified atom stereocenters. The maximum atomic E-state index is 14.9. The van der Waals surface area contributed by atoms with Crippen LogP contribution in [0.25, 0.3) is 20.8 Å². The number of rotatable bonds is 9. The molecule has 3 fully saturated rings. The fourth-order valence-corrected chi connectivity index (χ4v) is 7.20. The van der Waals surface area contributed by atoms with Gasteiger partial charge in [0.1, 0.15) is 12.0 Å². The van der Waals surface area contributed by atoms with Gasteiger partial charge in [-0.2, -0.15) is 0 Å². The molecule has 0 spiro atoms. The zero-order valence-corrected chi connectivity index (χ0v) is 26.1. The Morgan fingerprint density at radius 3 is 2.67 bits per heavy atom. The van der Waals surface area contributed by atoms with Gasteiger partial charge in [-0.15, -0.1) is 11.3 Å². The SMILES string of the molecule is O=CC1CCN(C(=O)C2CCCN(Cc3ccc(-c4cc5nccc(Oc6ccc(NC(=O)NC7CC7)cc6F)c5s4)nc3)C2)C1. The van der Waals surface area contributed by atoms with Crippen molar-refractivity contribution in [2.45, 2.75) is 44.7 Å². The Bertz CT molecular complexity index is 1760. The number of urea groups is 1. The largest absolute Gasteiger partial charge is 0.453 e. The fourth-order valence-electron chi connectivity index (χ4n) is 6.16. The number of anilines is 1. The van der Waals surface area contributed by atoms with Gasteiger partial charge in [0.2, 0.25) is 5.91 Å². The first-order chi connectivity index (χ1) is 22.4. The lowest BCUT2D eigenvalue weighted by molar-refractivity contribution is -0.136. The van der Waals surface area contributed by atoms with Crippen LogP contribution in [0.4, 0.5) is 14.9 Å². The second-order valence-electron chi connectivity index (χ2n) is 12.3. The van der Waals surface area contributed by atoms with Gasteiger partial charge in [0.25, 0.3) is 0 Å². The van der Waals surface area contributed by atoms with Crippen LogP contribution in [0.3, 0.4) is 0 Å². The quantitative estimate of drug-likeness (QED) is 0.221. The molecule has 10 nitrogen and oxygen atoms in total. The third-order valence-corrected chi connectivity index (χ3v) is 9.93. The van der Waals surface area contributed by atoms with E-state index in [0.29, 0.717) is 37.6 Å². The molecule has 0 radical (unpaired) electrons. The van der Waals surface area contributed by atoms with Gasteiger partial charge in [-0.25, -0.2) is 9.18 Å². The number of carbonyl (C=O) groups is 3. The minimum atomic E-state index is -0.588. The molecule has 3 aliphatic rings. The summed E-state index contributed by atoms with van der Waals surface area (Å²) in [4.78, 5) is 50.5. The van der Waals surface area contributed by atoms with Gasteiger partial charge in [-0.05, 0) is 68.5 Å². The van der Waals surface area contributed by atoms with E-state index < -0.39 is 5.82 Å². The molecule has 46 heavy (non-hydrogen) atoms. The molecule has 238 valence electrons. The predicted molar refractivity (Wildman–Crippen MR) is 173 cm³/mol. The molecule has 1 saturated carbocycles. The first kappa shape index (κ1) is 30.2. The van der Waals surface area contributed by atoms with Crippen LogP contribution in [-0.2, 0) is 16.1 Å². The zero-order valence-electron chi connectivity index (χ0n) is 25.3. The van der Waals surface area contributed by atoms with Crippen LogP contribution in [0.15, 0.2) is 54.9 Å². The van der Waals surface area contributed by atoms with E-state index >= 15 is 0 Å². The summed E-state index contributed by atoms with van der Waals surface area (Å²) in [6, 6.07) is 11.9. The smallest absolute Gasteiger partial charge is 0.319 e. The summed E-state index contributed by atoms with van der Waals surface area (Å²) in [6.45, 7) is 3.58. The number of aromatic nitrogens is 2. The molecule has 3 aromatic heterocycles. The van der Waals surface area contributed by atoms with Gasteiger partial charge < -0.3 is 25.1 Å². The normalized spacial score (nSPS) is 20.1.